The summed E-state index contributed by atoms with van der Waals surface area (Å²) in [5, 5.41) is 28.4. The number of nitrogens with zero attached hydrogens (tertiary/aromatic N) is 4. The Balaban J connectivity index is 1.47. The van der Waals surface area contributed by atoms with Crippen molar-refractivity contribution in [1.82, 2.24) is 14.8 Å². The fourth-order valence-corrected chi connectivity index (χ4v) is 4.03. The number of halogens is 1. The zero-order chi connectivity index (χ0) is 23.0. The van der Waals surface area contributed by atoms with Crippen molar-refractivity contribution >= 4 is 11.8 Å². The van der Waals surface area contributed by atoms with Crippen LogP contribution in [0.2, 0.25) is 0 Å². The summed E-state index contributed by atoms with van der Waals surface area (Å²) in [6.07, 6.45) is -0.760. The van der Waals surface area contributed by atoms with Gasteiger partial charge in [-0.25, -0.2) is 4.39 Å². The highest BCUT2D eigenvalue weighted by molar-refractivity contribution is 7.99. The lowest BCUT2D eigenvalue weighted by Crippen LogP contribution is -2.20. The van der Waals surface area contributed by atoms with E-state index in [2.05, 4.69) is 16.3 Å². The van der Waals surface area contributed by atoms with Gasteiger partial charge in [-0.1, -0.05) is 54.2 Å². The first-order valence-electron chi connectivity index (χ1n) is 10.3. The molecular weight excluding hydrogens is 439 g/mol. The van der Waals surface area contributed by atoms with Crippen LogP contribution >= 0.6 is 11.8 Å². The van der Waals surface area contributed by atoms with E-state index >= 15 is 0 Å². The molecule has 0 saturated carbocycles. The quantitative estimate of drug-likeness (QED) is 0.369. The minimum absolute atomic E-state index is 0.0892. The number of aliphatic hydroxyl groups is 1. The molecule has 6 nitrogen and oxygen atoms in total. The Bertz CT molecular complexity index is 1240. The number of nitriles is 1. The molecule has 0 aliphatic rings. The first-order chi connectivity index (χ1) is 16.1. The minimum Gasteiger partial charge on any atom is -0.491 e. The van der Waals surface area contributed by atoms with Crippen LogP contribution < -0.4 is 4.74 Å². The Kier molecular flexibility index (Phi) is 7.35. The van der Waals surface area contributed by atoms with E-state index in [0.717, 1.165) is 5.56 Å². The molecule has 0 radical (unpaired) electrons. The van der Waals surface area contributed by atoms with E-state index in [4.69, 9.17) is 10.00 Å². The van der Waals surface area contributed by atoms with E-state index in [9.17, 15) is 9.50 Å². The molecule has 1 N–H and O–H groups in total. The van der Waals surface area contributed by atoms with Crippen LogP contribution in [0.4, 0.5) is 4.39 Å². The summed E-state index contributed by atoms with van der Waals surface area (Å²) in [5.41, 5.74) is 1.95. The molecule has 0 saturated heterocycles. The zero-order valence-corrected chi connectivity index (χ0v) is 18.5. The standard InChI is InChI=1S/C25H21FN4O2S/c26-23-9-5-4-8-22(23)24-28-29-25(30(24)15-19-6-2-1-3-7-19)33-17-20(31)16-32-21-12-10-18(14-27)11-13-21/h1-13,20,31H,15-17H2. The largest absolute Gasteiger partial charge is 0.491 e. The Labute approximate surface area is 195 Å². The van der Waals surface area contributed by atoms with E-state index in [1.54, 1.807) is 42.5 Å². The second-order valence-corrected chi connectivity index (χ2v) is 8.26. The minimum atomic E-state index is -0.760. The normalized spacial score (nSPS) is 11.7. The van der Waals surface area contributed by atoms with Crippen molar-refractivity contribution in [2.45, 2.75) is 17.8 Å². The van der Waals surface area contributed by atoms with Crippen LogP contribution in [0.3, 0.4) is 0 Å². The fraction of sp³-hybridized carbons (Fsp3) is 0.160. The maximum absolute atomic E-state index is 14.5. The van der Waals surface area contributed by atoms with Crippen LogP contribution in [0.25, 0.3) is 11.4 Å². The van der Waals surface area contributed by atoms with Crippen molar-refractivity contribution in [3.8, 4) is 23.2 Å². The summed E-state index contributed by atoms with van der Waals surface area (Å²) in [5.74, 6) is 0.960. The molecule has 1 unspecified atom stereocenters. The Morgan fingerprint density at radius 3 is 2.45 bits per heavy atom. The van der Waals surface area contributed by atoms with Gasteiger partial charge >= 0.3 is 0 Å². The molecule has 0 aliphatic heterocycles. The summed E-state index contributed by atoms with van der Waals surface area (Å²) >= 11 is 1.33. The molecule has 4 rings (SSSR count). The predicted octanol–water partition coefficient (Wildman–Crippen LogP) is 4.54. The molecule has 0 aliphatic carbocycles. The van der Waals surface area contributed by atoms with Gasteiger partial charge in [0.15, 0.2) is 11.0 Å². The molecule has 0 spiro atoms. The number of ether oxygens (including phenoxy) is 1. The fourth-order valence-electron chi connectivity index (χ4n) is 3.18. The van der Waals surface area contributed by atoms with Gasteiger partial charge in [-0.05, 0) is 42.0 Å². The maximum atomic E-state index is 14.5. The van der Waals surface area contributed by atoms with Crippen LogP contribution in [-0.2, 0) is 6.54 Å². The molecule has 3 aromatic carbocycles. The van der Waals surface area contributed by atoms with Crippen LogP contribution in [0.5, 0.6) is 5.75 Å². The molecule has 1 aromatic heterocycles. The average molecular weight is 461 g/mol. The van der Waals surface area contributed by atoms with Gasteiger partial charge < -0.3 is 9.84 Å². The van der Waals surface area contributed by atoms with Gasteiger partial charge in [0.1, 0.15) is 18.2 Å². The van der Waals surface area contributed by atoms with Gasteiger partial charge in [0.25, 0.3) is 0 Å². The highest BCUT2D eigenvalue weighted by atomic mass is 32.2. The lowest BCUT2D eigenvalue weighted by Gasteiger charge is -2.14. The maximum Gasteiger partial charge on any atom is 0.191 e. The molecule has 0 bridgehead atoms. The van der Waals surface area contributed by atoms with Gasteiger partial charge in [-0.2, -0.15) is 5.26 Å². The number of aliphatic hydroxyl groups excluding tert-OH is 1. The van der Waals surface area contributed by atoms with Gasteiger partial charge in [-0.3, -0.25) is 4.57 Å². The lowest BCUT2D eigenvalue weighted by atomic mass is 10.2. The first-order valence-corrected chi connectivity index (χ1v) is 11.3. The average Bonchev–Trinajstić information content (AvgIpc) is 3.24. The van der Waals surface area contributed by atoms with Crippen molar-refractivity contribution in [2.24, 2.45) is 0 Å². The smallest absolute Gasteiger partial charge is 0.191 e. The highest BCUT2D eigenvalue weighted by Gasteiger charge is 2.18. The van der Waals surface area contributed by atoms with Gasteiger partial charge in [0, 0.05) is 5.75 Å². The second-order valence-electron chi connectivity index (χ2n) is 7.27. The van der Waals surface area contributed by atoms with Crippen molar-refractivity contribution < 1.29 is 14.2 Å². The summed E-state index contributed by atoms with van der Waals surface area (Å²) in [6, 6.07) is 25.0. The second kappa shape index (κ2) is 10.8. The number of hydrogen-bond donors (Lipinski definition) is 1. The van der Waals surface area contributed by atoms with Crippen LogP contribution in [0.1, 0.15) is 11.1 Å². The van der Waals surface area contributed by atoms with Crippen molar-refractivity contribution in [1.29, 1.82) is 5.26 Å². The lowest BCUT2D eigenvalue weighted by molar-refractivity contribution is 0.126. The summed E-state index contributed by atoms with van der Waals surface area (Å²) < 4.78 is 21.9. The van der Waals surface area contributed by atoms with E-state index in [0.29, 0.717) is 40.2 Å². The van der Waals surface area contributed by atoms with Crippen LogP contribution in [0, 0.1) is 17.1 Å². The molecular formula is C25H21FN4O2S. The van der Waals surface area contributed by atoms with Gasteiger partial charge in [0.2, 0.25) is 0 Å². The topological polar surface area (TPSA) is 84.0 Å². The van der Waals surface area contributed by atoms with E-state index in [-0.39, 0.29) is 12.4 Å². The first kappa shape index (κ1) is 22.5. The van der Waals surface area contributed by atoms with Gasteiger partial charge in [0.05, 0.1) is 29.8 Å². The molecule has 1 atom stereocenters. The monoisotopic (exact) mass is 460 g/mol. The van der Waals surface area contributed by atoms with Crippen LogP contribution in [0.15, 0.2) is 84.0 Å². The molecule has 33 heavy (non-hydrogen) atoms. The van der Waals surface area contributed by atoms with Crippen molar-refractivity contribution in [2.75, 3.05) is 12.4 Å². The summed E-state index contributed by atoms with van der Waals surface area (Å²) in [7, 11) is 0. The van der Waals surface area contributed by atoms with Gasteiger partial charge in [-0.15, -0.1) is 10.2 Å². The van der Waals surface area contributed by atoms with Crippen LogP contribution in [-0.4, -0.2) is 38.3 Å². The van der Waals surface area contributed by atoms with Crippen molar-refractivity contribution in [3.05, 3.63) is 95.8 Å². The van der Waals surface area contributed by atoms with E-state index in [1.165, 1.54) is 17.8 Å². The third-order valence-corrected chi connectivity index (χ3v) is 5.96. The Morgan fingerprint density at radius 1 is 1.00 bits per heavy atom. The zero-order valence-electron chi connectivity index (χ0n) is 17.6. The third kappa shape index (κ3) is 5.77. The SMILES string of the molecule is N#Cc1ccc(OCC(O)CSc2nnc(-c3ccccc3F)n2Cc2ccccc2)cc1. The summed E-state index contributed by atoms with van der Waals surface area (Å²) in [4.78, 5) is 0. The number of thioether (sulfide) groups is 1. The number of aromatic nitrogens is 3. The Morgan fingerprint density at radius 2 is 1.73 bits per heavy atom. The molecule has 166 valence electrons. The molecule has 8 heteroatoms. The van der Waals surface area contributed by atoms with E-state index < -0.39 is 6.10 Å². The Hall–Kier alpha value is -3.67. The summed E-state index contributed by atoms with van der Waals surface area (Å²) in [6.45, 7) is 0.559. The third-order valence-electron chi connectivity index (χ3n) is 4.85. The number of hydrogen-bond acceptors (Lipinski definition) is 6. The van der Waals surface area contributed by atoms with E-state index in [1.807, 2.05) is 34.9 Å². The predicted molar refractivity (Wildman–Crippen MR) is 124 cm³/mol. The molecule has 0 amide bonds. The highest BCUT2D eigenvalue weighted by Crippen LogP contribution is 2.27. The number of benzene rings is 3. The molecule has 1 heterocycles. The number of rotatable bonds is 9. The molecule has 0 fully saturated rings. The van der Waals surface area contributed by atoms with Crippen molar-refractivity contribution in [3.63, 3.8) is 0 Å². The molecule has 4 aromatic rings.